The molecule has 1 aliphatic heterocycles. The van der Waals surface area contributed by atoms with E-state index < -0.39 is 6.04 Å². The third-order valence-corrected chi connectivity index (χ3v) is 8.19. The lowest BCUT2D eigenvalue weighted by Gasteiger charge is -2.37. The quantitative estimate of drug-likeness (QED) is 0.548. The van der Waals surface area contributed by atoms with Crippen LogP contribution in [0.3, 0.4) is 0 Å². The van der Waals surface area contributed by atoms with E-state index in [1.807, 2.05) is 13.0 Å². The minimum absolute atomic E-state index is 0.157. The van der Waals surface area contributed by atoms with Crippen LogP contribution in [0.5, 0.6) is 0 Å². The number of allylic oxidation sites excluding steroid dienone is 2. The molecule has 5 nitrogen and oxygen atoms in total. The first-order chi connectivity index (χ1) is 13.3. The molecule has 2 saturated carbocycles. The molecule has 7 heteroatoms. The molecule has 1 heterocycles. The molecule has 0 radical (unpaired) electrons. The maximum absolute atomic E-state index is 13.1. The molecule has 0 unspecified atom stereocenters. The Morgan fingerprint density at radius 3 is 2.32 bits per heavy atom. The molecule has 3 amide bonds. The lowest BCUT2D eigenvalue weighted by Crippen LogP contribution is -2.46. The topological polar surface area (TPSA) is 66.5 Å². The van der Waals surface area contributed by atoms with Crippen molar-refractivity contribution in [3.05, 3.63) is 39.3 Å². The van der Waals surface area contributed by atoms with Crippen LogP contribution in [0.2, 0.25) is 5.02 Å². The zero-order valence-corrected chi connectivity index (χ0v) is 17.8. The standard InChI is InChI=1S/C21H20BrClN2O3/c1-8-5-14(22)15(23)7-16(8)24-19(26)9(2)25-20(27)17-10-3-4-11(13-6-12(10)13)18(17)21(25)28/h3-5,7,9-13,17-18H,6H2,1-2H3,(H,24,26)/t9-,10+,11+,12+,13+,17-,18+/m0/s1. The fourth-order valence-electron chi connectivity index (χ4n) is 5.50. The Morgan fingerprint density at radius 1 is 1.18 bits per heavy atom. The average Bonchev–Trinajstić information content (AvgIpc) is 3.43. The summed E-state index contributed by atoms with van der Waals surface area (Å²) >= 11 is 9.50. The van der Waals surface area contributed by atoms with E-state index in [4.69, 9.17) is 11.6 Å². The Bertz CT molecular complexity index is 925. The number of anilines is 1. The number of benzene rings is 1. The number of aryl methyl sites for hydroxylation is 1. The van der Waals surface area contributed by atoms with Crippen LogP contribution in [-0.4, -0.2) is 28.7 Å². The molecule has 3 fully saturated rings. The average molecular weight is 464 g/mol. The highest BCUT2D eigenvalue weighted by molar-refractivity contribution is 9.10. The van der Waals surface area contributed by atoms with Crippen molar-refractivity contribution in [3.8, 4) is 0 Å². The number of imide groups is 1. The number of nitrogens with one attached hydrogen (secondary N) is 1. The van der Waals surface area contributed by atoms with Gasteiger partial charge in [0.15, 0.2) is 0 Å². The second-order valence-corrected chi connectivity index (χ2v) is 9.71. The van der Waals surface area contributed by atoms with E-state index in [2.05, 4.69) is 33.4 Å². The lowest BCUT2D eigenvalue weighted by molar-refractivity contribution is -0.146. The van der Waals surface area contributed by atoms with E-state index >= 15 is 0 Å². The number of amides is 3. The van der Waals surface area contributed by atoms with Gasteiger partial charge < -0.3 is 5.32 Å². The van der Waals surface area contributed by atoms with Gasteiger partial charge in [-0.05, 0) is 77.6 Å². The number of hydrogen-bond donors (Lipinski definition) is 1. The van der Waals surface area contributed by atoms with Gasteiger partial charge in [-0.3, -0.25) is 19.3 Å². The van der Waals surface area contributed by atoms with Crippen LogP contribution in [0.15, 0.2) is 28.8 Å². The van der Waals surface area contributed by atoms with Gasteiger partial charge in [0.1, 0.15) is 6.04 Å². The molecule has 28 heavy (non-hydrogen) atoms. The first kappa shape index (κ1) is 18.4. The second-order valence-electron chi connectivity index (χ2n) is 8.45. The molecule has 0 aromatic heterocycles. The summed E-state index contributed by atoms with van der Waals surface area (Å²) in [6.07, 6.45) is 5.38. The Hall–Kier alpha value is -1.66. The highest BCUT2D eigenvalue weighted by atomic mass is 79.9. The molecule has 5 aliphatic rings. The molecule has 1 aromatic carbocycles. The second kappa shape index (κ2) is 6.17. The Morgan fingerprint density at radius 2 is 1.75 bits per heavy atom. The summed E-state index contributed by atoms with van der Waals surface area (Å²) < 4.78 is 0.744. The molecular formula is C21H20BrClN2O3. The molecule has 1 aromatic rings. The maximum Gasteiger partial charge on any atom is 0.247 e. The third kappa shape index (κ3) is 2.47. The summed E-state index contributed by atoms with van der Waals surface area (Å²) in [5, 5.41) is 3.31. The maximum atomic E-state index is 13.1. The molecular weight excluding hydrogens is 444 g/mol. The SMILES string of the molecule is Cc1cc(Br)c(Cl)cc1NC(=O)[C@H](C)N1C(=O)[C@@H]2[C@@H]3C=C[C@H]([C@H]4C[C@H]34)[C@@H]2C1=O. The van der Waals surface area contributed by atoms with Gasteiger partial charge in [0.2, 0.25) is 17.7 Å². The van der Waals surface area contributed by atoms with Gasteiger partial charge in [-0.1, -0.05) is 23.8 Å². The number of carbonyl (C=O) groups excluding carboxylic acids is 3. The summed E-state index contributed by atoms with van der Waals surface area (Å²) in [6, 6.07) is 2.62. The van der Waals surface area contributed by atoms with Crippen molar-refractivity contribution in [2.24, 2.45) is 35.5 Å². The number of rotatable bonds is 3. The largest absolute Gasteiger partial charge is 0.324 e. The fourth-order valence-corrected chi connectivity index (χ4v) is 6.12. The Kier molecular flexibility index (Phi) is 4.05. The van der Waals surface area contributed by atoms with E-state index in [-0.39, 0.29) is 41.4 Å². The fraction of sp³-hybridized carbons (Fsp3) is 0.476. The Labute approximate surface area is 176 Å². The summed E-state index contributed by atoms with van der Waals surface area (Å²) in [5.41, 5.74) is 1.41. The number of halogens is 2. The molecule has 2 bridgehead atoms. The van der Waals surface area contributed by atoms with Crippen molar-refractivity contribution >= 4 is 50.9 Å². The monoisotopic (exact) mass is 462 g/mol. The summed E-state index contributed by atoms with van der Waals surface area (Å²) in [7, 11) is 0. The van der Waals surface area contributed by atoms with Crippen LogP contribution < -0.4 is 5.32 Å². The van der Waals surface area contributed by atoms with Crippen LogP contribution >= 0.6 is 27.5 Å². The zero-order chi connectivity index (χ0) is 19.9. The molecule has 6 rings (SSSR count). The van der Waals surface area contributed by atoms with Gasteiger partial charge in [0, 0.05) is 10.2 Å². The minimum atomic E-state index is -0.858. The zero-order valence-electron chi connectivity index (χ0n) is 15.5. The van der Waals surface area contributed by atoms with E-state index in [1.54, 1.807) is 13.0 Å². The molecule has 1 N–H and O–H groups in total. The van der Waals surface area contributed by atoms with Crippen molar-refractivity contribution in [3.63, 3.8) is 0 Å². The van der Waals surface area contributed by atoms with Crippen LogP contribution in [0, 0.1) is 42.4 Å². The summed E-state index contributed by atoms with van der Waals surface area (Å²) in [4.78, 5) is 40.3. The first-order valence-corrected chi connectivity index (χ1v) is 10.8. The van der Waals surface area contributed by atoms with Crippen molar-refractivity contribution in [1.29, 1.82) is 0 Å². The Balaban J connectivity index is 1.38. The van der Waals surface area contributed by atoms with Crippen LogP contribution in [0.1, 0.15) is 18.9 Å². The van der Waals surface area contributed by atoms with Crippen molar-refractivity contribution < 1.29 is 14.4 Å². The predicted molar refractivity (Wildman–Crippen MR) is 109 cm³/mol. The van der Waals surface area contributed by atoms with Gasteiger partial charge in [0.05, 0.1) is 16.9 Å². The summed E-state index contributed by atoms with van der Waals surface area (Å²) in [5.74, 6) is 0.0756. The van der Waals surface area contributed by atoms with Crippen molar-refractivity contribution in [2.45, 2.75) is 26.3 Å². The van der Waals surface area contributed by atoms with Gasteiger partial charge >= 0.3 is 0 Å². The van der Waals surface area contributed by atoms with Crippen molar-refractivity contribution in [1.82, 2.24) is 4.90 Å². The minimum Gasteiger partial charge on any atom is -0.324 e. The number of hydrogen-bond acceptors (Lipinski definition) is 3. The molecule has 1 saturated heterocycles. The van der Waals surface area contributed by atoms with Crippen LogP contribution in [-0.2, 0) is 14.4 Å². The smallest absolute Gasteiger partial charge is 0.247 e. The van der Waals surface area contributed by atoms with E-state index in [0.29, 0.717) is 22.5 Å². The van der Waals surface area contributed by atoms with Gasteiger partial charge in [-0.15, -0.1) is 0 Å². The van der Waals surface area contributed by atoms with Crippen LogP contribution in [0.25, 0.3) is 0 Å². The number of carbonyl (C=O) groups is 3. The predicted octanol–water partition coefficient (Wildman–Crippen LogP) is 3.79. The van der Waals surface area contributed by atoms with Gasteiger partial charge in [-0.25, -0.2) is 0 Å². The number of nitrogens with zero attached hydrogens (tertiary/aromatic N) is 1. The van der Waals surface area contributed by atoms with E-state index in [1.165, 1.54) is 4.90 Å². The van der Waals surface area contributed by atoms with Crippen molar-refractivity contribution in [2.75, 3.05) is 5.32 Å². The molecule has 0 spiro atoms. The van der Waals surface area contributed by atoms with Gasteiger partial charge in [-0.2, -0.15) is 0 Å². The molecule has 4 aliphatic carbocycles. The van der Waals surface area contributed by atoms with Gasteiger partial charge in [0.25, 0.3) is 0 Å². The normalized spacial score (nSPS) is 35.6. The summed E-state index contributed by atoms with van der Waals surface area (Å²) in [6.45, 7) is 3.48. The third-order valence-electron chi connectivity index (χ3n) is 6.99. The highest BCUT2D eigenvalue weighted by Gasteiger charge is 2.67. The lowest BCUT2D eigenvalue weighted by atomic mass is 9.63. The first-order valence-electron chi connectivity index (χ1n) is 9.61. The van der Waals surface area contributed by atoms with E-state index in [0.717, 1.165) is 16.5 Å². The number of likely N-dealkylation sites (tertiary alicyclic amines) is 1. The molecule has 146 valence electrons. The highest BCUT2D eigenvalue weighted by Crippen LogP contribution is 2.65. The van der Waals surface area contributed by atoms with Crippen LogP contribution in [0.4, 0.5) is 5.69 Å². The van der Waals surface area contributed by atoms with E-state index in [9.17, 15) is 14.4 Å². The molecule has 7 atom stereocenters.